The lowest BCUT2D eigenvalue weighted by Gasteiger charge is -2.34. The molecule has 1 saturated heterocycles. The number of hydrogen-bond acceptors (Lipinski definition) is 5. The van der Waals surface area contributed by atoms with Gasteiger partial charge in [-0.05, 0) is 25.5 Å². The van der Waals surface area contributed by atoms with Crippen LogP contribution in [0.4, 0.5) is 0 Å². The highest BCUT2D eigenvalue weighted by Crippen LogP contribution is 2.14. The maximum atomic E-state index is 12.5. The first kappa shape index (κ1) is 18.9. The van der Waals surface area contributed by atoms with Gasteiger partial charge in [0, 0.05) is 32.6 Å². The van der Waals surface area contributed by atoms with E-state index in [2.05, 4.69) is 4.90 Å². The number of carbonyl (C=O) groups is 1. The summed E-state index contributed by atoms with van der Waals surface area (Å²) < 4.78 is 31.4. The molecule has 0 N–H and O–H groups in total. The quantitative estimate of drug-likeness (QED) is 0.662. The Morgan fingerprint density at radius 2 is 1.79 bits per heavy atom. The highest BCUT2D eigenvalue weighted by molar-refractivity contribution is 7.88. The molecule has 0 atom stereocenters. The second-order valence-electron chi connectivity index (χ2n) is 5.89. The van der Waals surface area contributed by atoms with Crippen molar-refractivity contribution in [2.75, 3.05) is 39.3 Å². The molecule has 0 amide bonds. The van der Waals surface area contributed by atoms with E-state index in [9.17, 15) is 13.2 Å². The molecule has 1 aromatic rings. The van der Waals surface area contributed by atoms with E-state index in [1.54, 1.807) is 11.2 Å². The number of ether oxygens (including phenoxy) is 1. The van der Waals surface area contributed by atoms with Gasteiger partial charge in [0.2, 0.25) is 10.0 Å². The normalized spacial score (nSPS) is 16.9. The van der Waals surface area contributed by atoms with E-state index in [1.165, 1.54) is 0 Å². The summed E-state index contributed by atoms with van der Waals surface area (Å²) in [6.45, 7) is 5.44. The van der Waals surface area contributed by atoms with Gasteiger partial charge in [-0.25, -0.2) is 8.42 Å². The lowest BCUT2D eigenvalue weighted by Crippen LogP contribution is -2.49. The summed E-state index contributed by atoms with van der Waals surface area (Å²) in [4.78, 5) is 13.5. The summed E-state index contributed by atoms with van der Waals surface area (Å²) in [6, 6.07) is 9.26. The Hall–Kier alpha value is -1.44. The van der Waals surface area contributed by atoms with Gasteiger partial charge in [-0.15, -0.1) is 0 Å². The molecule has 0 radical (unpaired) electrons. The molecule has 0 unspecified atom stereocenters. The Morgan fingerprint density at radius 3 is 2.42 bits per heavy atom. The third-order valence-corrected chi connectivity index (χ3v) is 5.93. The zero-order valence-corrected chi connectivity index (χ0v) is 15.0. The third kappa shape index (κ3) is 5.89. The number of hydrogen-bond donors (Lipinski definition) is 0. The highest BCUT2D eigenvalue weighted by atomic mass is 32.2. The largest absolute Gasteiger partial charge is 0.466 e. The minimum Gasteiger partial charge on any atom is -0.466 e. The van der Waals surface area contributed by atoms with Gasteiger partial charge in [0.15, 0.2) is 0 Å². The molecule has 0 saturated carbocycles. The number of nitrogens with zero attached hydrogens (tertiary/aromatic N) is 2. The molecule has 134 valence electrons. The molecule has 6 nitrogen and oxygen atoms in total. The number of rotatable bonds is 8. The van der Waals surface area contributed by atoms with Crippen molar-refractivity contribution < 1.29 is 17.9 Å². The fraction of sp³-hybridized carbons (Fsp3) is 0.588. The minimum atomic E-state index is -3.27. The lowest BCUT2D eigenvalue weighted by atomic mass is 10.2. The van der Waals surface area contributed by atoms with Gasteiger partial charge in [-0.3, -0.25) is 4.79 Å². The van der Waals surface area contributed by atoms with Crippen molar-refractivity contribution in [1.29, 1.82) is 0 Å². The number of piperazine rings is 1. The maximum absolute atomic E-state index is 12.5. The zero-order valence-electron chi connectivity index (χ0n) is 14.2. The van der Waals surface area contributed by atoms with Crippen LogP contribution in [-0.2, 0) is 25.3 Å². The lowest BCUT2D eigenvalue weighted by molar-refractivity contribution is -0.143. The molecule has 0 aliphatic carbocycles. The second kappa shape index (κ2) is 9.15. The Bertz CT molecular complexity index is 611. The van der Waals surface area contributed by atoms with E-state index in [-0.39, 0.29) is 11.7 Å². The van der Waals surface area contributed by atoms with Crippen LogP contribution in [0.25, 0.3) is 0 Å². The average molecular weight is 354 g/mol. The van der Waals surface area contributed by atoms with Crippen LogP contribution in [0.15, 0.2) is 30.3 Å². The predicted octanol–water partition coefficient (Wildman–Crippen LogP) is 1.48. The molecule has 7 heteroatoms. The van der Waals surface area contributed by atoms with Gasteiger partial charge in [-0.1, -0.05) is 30.3 Å². The highest BCUT2D eigenvalue weighted by Gasteiger charge is 2.26. The summed E-state index contributed by atoms with van der Waals surface area (Å²) in [5, 5.41) is 0. The number of carbonyl (C=O) groups excluding carboxylic acids is 1. The summed E-state index contributed by atoms with van der Waals surface area (Å²) in [5.74, 6) is -0.113. The fourth-order valence-electron chi connectivity index (χ4n) is 2.79. The van der Waals surface area contributed by atoms with Gasteiger partial charge in [0.25, 0.3) is 0 Å². The van der Waals surface area contributed by atoms with Crippen molar-refractivity contribution in [3.05, 3.63) is 35.9 Å². The van der Waals surface area contributed by atoms with E-state index in [4.69, 9.17) is 4.74 Å². The number of benzene rings is 1. The van der Waals surface area contributed by atoms with Gasteiger partial charge >= 0.3 is 5.97 Å². The molecule has 1 heterocycles. The van der Waals surface area contributed by atoms with Crippen LogP contribution in [0.3, 0.4) is 0 Å². The molecule has 1 aliphatic rings. The topological polar surface area (TPSA) is 66.9 Å². The molecular weight excluding hydrogens is 328 g/mol. The van der Waals surface area contributed by atoms with E-state index < -0.39 is 10.0 Å². The number of sulfonamides is 1. The second-order valence-corrected chi connectivity index (χ2v) is 7.86. The van der Waals surface area contributed by atoms with Crippen LogP contribution >= 0.6 is 0 Å². The summed E-state index contributed by atoms with van der Waals surface area (Å²) >= 11 is 0. The van der Waals surface area contributed by atoms with Crippen LogP contribution in [0, 0.1) is 0 Å². The molecule has 24 heavy (non-hydrogen) atoms. The van der Waals surface area contributed by atoms with Crippen molar-refractivity contribution in [1.82, 2.24) is 9.21 Å². The first-order valence-electron chi connectivity index (χ1n) is 8.41. The standard InChI is InChI=1S/C17H26N2O4S/c1-2-23-17(20)9-6-10-18-11-13-19(14-12-18)24(21,22)15-16-7-4-3-5-8-16/h3-5,7-8H,2,6,9-15H2,1H3. The molecular formula is C17H26N2O4S. The van der Waals surface area contributed by atoms with Crippen LogP contribution < -0.4 is 0 Å². The van der Waals surface area contributed by atoms with Crippen LogP contribution in [-0.4, -0.2) is 62.9 Å². The van der Waals surface area contributed by atoms with Gasteiger partial charge in [0.05, 0.1) is 12.4 Å². The van der Waals surface area contributed by atoms with Crippen molar-refractivity contribution in [2.24, 2.45) is 0 Å². The fourth-order valence-corrected chi connectivity index (χ4v) is 4.30. The molecule has 1 fully saturated rings. The first-order valence-corrected chi connectivity index (χ1v) is 10.0. The van der Waals surface area contributed by atoms with E-state index in [0.717, 1.165) is 18.5 Å². The molecule has 0 spiro atoms. The average Bonchev–Trinajstić information content (AvgIpc) is 2.56. The van der Waals surface area contributed by atoms with E-state index in [0.29, 0.717) is 39.2 Å². The monoisotopic (exact) mass is 354 g/mol. The van der Waals surface area contributed by atoms with E-state index in [1.807, 2.05) is 30.3 Å². The Morgan fingerprint density at radius 1 is 1.12 bits per heavy atom. The van der Waals surface area contributed by atoms with Crippen molar-refractivity contribution in [3.8, 4) is 0 Å². The summed E-state index contributed by atoms with van der Waals surface area (Å²) in [7, 11) is -3.27. The van der Waals surface area contributed by atoms with Crippen molar-refractivity contribution in [2.45, 2.75) is 25.5 Å². The molecule has 2 rings (SSSR count). The number of esters is 1. The summed E-state index contributed by atoms with van der Waals surface area (Å²) in [5.41, 5.74) is 0.814. The molecule has 1 aliphatic heterocycles. The van der Waals surface area contributed by atoms with Crippen LogP contribution in [0.1, 0.15) is 25.3 Å². The third-order valence-electron chi connectivity index (χ3n) is 4.08. The Kier molecular flexibility index (Phi) is 7.20. The summed E-state index contributed by atoms with van der Waals surface area (Å²) in [6.07, 6.45) is 1.16. The van der Waals surface area contributed by atoms with Gasteiger partial charge < -0.3 is 9.64 Å². The maximum Gasteiger partial charge on any atom is 0.305 e. The Balaban J connectivity index is 1.74. The zero-order chi connectivity index (χ0) is 17.4. The smallest absolute Gasteiger partial charge is 0.305 e. The van der Waals surface area contributed by atoms with Crippen LogP contribution in [0.5, 0.6) is 0 Å². The van der Waals surface area contributed by atoms with E-state index >= 15 is 0 Å². The van der Waals surface area contributed by atoms with Crippen molar-refractivity contribution >= 4 is 16.0 Å². The molecule has 0 aromatic heterocycles. The van der Waals surface area contributed by atoms with Crippen LogP contribution in [0.2, 0.25) is 0 Å². The van der Waals surface area contributed by atoms with Gasteiger partial charge in [0.1, 0.15) is 0 Å². The SMILES string of the molecule is CCOC(=O)CCCN1CCN(S(=O)(=O)Cc2ccccc2)CC1. The first-order chi connectivity index (χ1) is 11.5. The molecule has 1 aromatic carbocycles. The Labute approximate surface area is 144 Å². The minimum absolute atomic E-state index is 0.0523. The molecule has 0 bridgehead atoms. The van der Waals surface area contributed by atoms with Crippen molar-refractivity contribution in [3.63, 3.8) is 0 Å². The van der Waals surface area contributed by atoms with Gasteiger partial charge in [-0.2, -0.15) is 4.31 Å². The predicted molar refractivity (Wildman–Crippen MR) is 92.9 cm³/mol.